The van der Waals surface area contributed by atoms with Gasteiger partial charge in [-0.15, -0.1) is 4.91 Å². The fourth-order valence-corrected chi connectivity index (χ4v) is 15.2. The van der Waals surface area contributed by atoms with Crippen LogP contribution in [0.3, 0.4) is 0 Å². The molecule has 0 bridgehead atoms. The Morgan fingerprint density at radius 2 is 0.686 bits per heavy atom. The molecule has 0 aromatic heterocycles. The monoisotopic (exact) mass is 716 g/mol. The van der Waals surface area contributed by atoms with Gasteiger partial charge in [0.15, 0.2) is 0 Å². The number of hydrogen-bond acceptors (Lipinski definition) is 4. The minimum atomic E-state index is -1.25. The molecule has 1 saturated heterocycles. The molecule has 0 unspecified atom stereocenters. The van der Waals surface area contributed by atoms with Crippen molar-refractivity contribution in [2.75, 3.05) is 52.9 Å². The molecule has 15 heteroatoms. The summed E-state index contributed by atoms with van der Waals surface area (Å²) in [6, 6.07) is 0. The van der Waals surface area contributed by atoms with Crippen molar-refractivity contribution in [3.63, 3.8) is 0 Å². The summed E-state index contributed by atoms with van der Waals surface area (Å²) in [6.07, 6.45) is 0. The second-order valence-corrected chi connectivity index (χ2v) is 20.6. The van der Waals surface area contributed by atoms with Crippen molar-refractivity contribution in [3.05, 3.63) is 33.3 Å². The van der Waals surface area contributed by atoms with Crippen LogP contribution in [0.1, 0.15) is 0 Å². The van der Waals surface area contributed by atoms with Crippen LogP contribution in [0.5, 0.6) is 0 Å². The van der Waals surface area contributed by atoms with E-state index in [1.165, 1.54) is 0 Å². The van der Waals surface area contributed by atoms with Crippen molar-refractivity contribution in [1.82, 2.24) is 0 Å². The molecule has 1 aliphatic rings. The van der Waals surface area contributed by atoms with Crippen molar-refractivity contribution in [2.24, 2.45) is 0 Å². The predicted molar refractivity (Wildman–Crippen MR) is 121 cm³/mol. The minimum absolute atomic E-state index is 0. The van der Waals surface area contributed by atoms with Crippen molar-refractivity contribution < 1.29 is 86.3 Å². The molecule has 0 radical (unpaired) electrons. The molecule has 1 rings (SSSR count). The molecule has 0 aliphatic carbocycles. The molecule has 0 atom stereocenters. The van der Waals surface area contributed by atoms with Gasteiger partial charge in [0.05, 0.1) is 52.9 Å². The van der Waals surface area contributed by atoms with Gasteiger partial charge in [-0.2, -0.15) is 0 Å². The molecule has 1 heterocycles. The summed E-state index contributed by atoms with van der Waals surface area (Å²) < 4.78 is 71.1. The van der Waals surface area contributed by atoms with E-state index in [-0.39, 0.29) is 48.8 Å². The Bertz CT molecular complexity index is 395. The molecule has 0 saturated carbocycles. The molecule has 35 heavy (non-hydrogen) atoms. The first-order chi connectivity index (χ1) is 15.7. The fourth-order valence-electron chi connectivity index (χ4n) is 2.47. The van der Waals surface area contributed by atoms with E-state index in [0.717, 1.165) is 0 Å². The van der Waals surface area contributed by atoms with E-state index in [9.17, 15) is 4.20 Å². The summed E-state index contributed by atoms with van der Waals surface area (Å²) in [4.78, 5) is 0.398. The predicted octanol–water partition coefficient (Wildman–Crippen LogP) is 0.821. The number of halogens is 1. The molecule has 0 spiro atoms. The maximum Gasteiger partial charge on any atom is 1.00 e. The maximum atomic E-state index is 12.7. The van der Waals surface area contributed by atoms with Gasteiger partial charge in [-0.25, -0.2) is 0 Å². The average Bonchev–Trinajstić information content (AvgIpc) is 2.80. The van der Waals surface area contributed by atoms with Crippen molar-refractivity contribution in [3.8, 4) is 0 Å². The smallest absolute Gasteiger partial charge is 0 e. The maximum absolute atomic E-state index is 12.7. The molecular weight excluding hydrogens is 681 g/mol. The third kappa shape index (κ3) is 52.0. The van der Waals surface area contributed by atoms with Crippen LogP contribution < -0.4 is 18.9 Å². The Hall–Kier alpha value is 0.619. The standard InChI is InChI=1S/C8H16O4.C7H19FPSi2.5CO.Li.W/c1-2-10-5-6-12-8-7-11-4-3-9-1;1-10(2,3)7(9-8)11(4,5)6;5*1-2;;/h1-8H2;7H,1-6H3;;;;;;;/q;-1;;;;;;+1;. The van der Waals surface area contributed by atoms with E-state index < -0.39 is 16.1 Å². The van der Waals surface area contributed by atoms with Gasteiger partial charge < -0.3 is 32.0 Å². The van der Waals surface area contributed by atoms with Crippen LogP contribution in [0.15, 0.2) is 0 Å². The zero-order valence-electron chi connectivity index (χ0n) is 21.6. The van der Waals surface area contributed by atoms with Gasteiger partial charge in [0.25, 0.3) is 0 Å². The molecule has 196 valence electrons. The summed E-state index contributed by atoms with van der Waals surface area (Å²) in [6.45, 7) is 41.2. The van der Waals surface area contributed by atoms with Crippen molar-refractivity contribution >= 4 is 25.0 Å². The third-order valence-corrected chi connectivity index (χ3v) is 17.1. The Balaban J connectivity index is -0.0000000490. The molecule has 0 aromatic carbocycles. The Labute approximate surface area is 240 Å². The van der Waals surface area contributed by atoms with Crippen LogP contribution in [0.25, 0.3) is 0 Å². The van der Waals surface area contributed by atoms with Gasteiger partial charge in [-0.3, -0.25) is 0 Å². The number of ether oxygens (including phenoxy) is 4. The Kier molecular flexibility index (Phi) is 76.4. The van der Waals surface area contributed by atoms with E-state index in [2.05, 4.69) is 72.5 Å². The van der Waals surface area contributed by atoms with E-state index in [1.54, 1.807) is 0 Å². The minimum Gasteiger partial charge on any atom is 0 e. The summed E-state index contributed by atoms with van der Waals surface area (Å²) in [7, 11) is -2.35. The summed E-state index contributed by atoms with van der Waals surface area (Å²) in [5.74, 6) is 0. The molecule has 1 aliphatic heterocycles. The van der Waals surface area contributed by atoms with Crippen LogP contribution >= 0.6 is 8.89 Å². The van der Waals surface area contributed by atoms with Crippen LogP contribution in [0.2, 0.25) is 39.3 Å². The van der Waals surface area contributed by atoms with Crippen LogP contribution in [-0.2, 0) is 63.3 Å². The van der Waals surface area contributed by atoms with Gasteiger partial charge in [0.2, 0.25) is 0 Å². The molecule has 1 fully saturated rings. The average molecular weight is 716 g/mol. The summed E-state index contributed by atoms with van der Waals surface area (Å²) in [5, 5.41) is 0. The van der Waals surface area contributed by atoms with Crippen molar-refractivity contribution in [1.29, 1.82) is 0 Å². The van der Waals surface area contributed by atoms with Gasteiger partial charge in [0, 0.05) is 37.2 Å². The Morgan fingerprint density at radius 3 is 0.743 bits per heavy atom. The zero-order valence-corrected chi connectivity index (χ0v) is 27.5. The SMILES string of the molecule is C1COCCOCCOCCO1.C[Si](C)(C)C([P-]F)[Si](C)(C)C.[C-]#[O+].[C-]#[O+].[C-]#[O+].[C-]#[O+].[C-]#[O+].[Li+].[W]. The van der Waals surface area contributed by atoms with E-state index in [1.807, 2.05) is 0 Å². The topological polar surface area (TPSA) is 136 Å². The first-order valence-electron chi connectivity index (χ1n) is 9.33. The molecule has 9 nitrogen and oxygen atoms in total. The van der Waals surface area contributed by atoms with Crippen LogP contribution in [0.4, 0.5) is 4.20 Å². The Morgan fingerprint density at radius 1 is 0.543 bits per heavy atom. The number of hydrogen-bond donors (Lipinski definition) is 0. The van der Waals surface area contributed by atoms with Gasteiger partial charge in [0.1, 0.15) is 0 Å². The fraction of sp³-hybridized carbons (Fsp3) is 0.750. The molecule has 0 N–H and O–H groups in total. The van der Waals surface area contributed by atoms with E-state index in [0.29, 0.717) is 57.8 Å². The van der Waals surface area contributed by atoms with E-state index in [4.69, 9.17) is 42.2 Å². The second kappa shape index (κ2) is 47.8. The van der Waals surface area contributed by atoms with Gasteiger partial charge >= 0.3 is 75.4 Å². The quantitative estimate of drug-likeness (QED) is 0.185. The largest absolute Gasteiger partial charge is 1.00 e. The van der Waals surface area contributed by atoms with Gasteiger partial charge in [-0.1, -0.05) is 39.3 Å². The molecule has 0 aromatic rings. The summed E-state index contributed by atoms with van der Waals surface area (Å²) >= 11 is 0. The second-order valence-electron chi connectivity index (χ2n) is 7.68. The van der Waals surface area contributed by atoms with Crippen LogP contribution in [-0.4, -0.2) is 73.9 Å². The van der Waals surface area contributed by atoms with Crippen LogP contribution in [0, 0.1) is 33.3 Å². The van der Waals surface area contributed by atoms with Crippen molar-refractivity contribution in [2.45, 2.75) is 44.2 Å². The van der Waals surface area contributed by atoms with Gasteiger partial charge in [-0.05, 0) is 0 Å². The zero-order chi connectivity index (χ0) is 27.8. The van der Waals surface area contributed by atoms with E-state index >= 15 is 0 Å². The number of rotatable bonds is 3. The molecular formula is C20H35FLiO9PSi2W. The third-order valence-electron chi connectivity index (χ3n) is 3.23. The first kappa shape index (κ1) is 56.0. The summed E-state index contributed by atoms with van der Waals surface area (Å²) in [5.41, 5.74) is 0. The first-order valence-corrected chi connectivity index (χ1v) is 17.3. The molecule has 0 amide bonds. The normalized spacial score (nSPS) is 13.3.